The van der Waals surface area contributed by atoms with Gasteiger partial charge in [0.25, 0.3) is 0 Å². The number of hydrogen-bond acceptors (Lipinski definition) is 3. The van der Waals surface area contributed by atoms with E-state index in [1.807, 2.05) is 0 Å². The van der Waals surface area contributed by atoms with Crippen LogP contribution >= 0.6 is 0 Å². The quantitative estimate of drug-likeness (QED) is 0.423. The molecule has 0 aromatic rings. The van der Waals surface area contributed by atoms with Crippen molar-refractivity contribution in [1.82, 2.24) is 5.32 Å². The highest BCUT2D eigenvalue weighted by molar-refractivity contribution is 4.58. The second-order valence-electron chi connectivity index (χ2n) is 5.76. The number of aliphatic hydroxyl groups is 1. The van der Waals surface area contributed by atoms with E-state index in [1.165, 1.54) is 57.8 Å². The highest BCUT2D eigenvalue weighted by atomic mass is 16.5. The van der Waals surface area contributed by atoms with Crippen LogP contribution in [-0.4, -0.2) is 37.5 Å². The predicted molar refractivity (Wildman–Crippen MR) is 87.2 cm³/mol. The molecule has 0 fully saturated rings. The minimum atomic E-state index is -0.360. The van der Waals surface area contributed by atoms with Crippen LogP contribution in [0.25, 0.3) is 0 Å². The van der Waals surface area contributed by atoms with Crippen LogP contribution in [0.2, 0.25) is 0 Å². The Morgan fingerprint density at radius 3 is 2.10 bits per heavy atom. The van der Waals surface area contributed by atoms with Crippen LogP contribution in [0.5, 0.6) is 0 Å². The van der Waals surface area contributed by atoms with Gasteiger partial charge in [-0.3, -0.25) is 0 Å². The first-order valence-corrected chi connectivity index (χ1v) is 8.77. The molecule has 0 aliphatic heterocycles. The van der Waals surface area contributed by atoms with Crippen molar-refractivity contribution in [3.63, 3.8) is 0 Å². The average Bonchev–Trinajstić information content (AvgIpc) is 2.45. The summed E-state index contributed by atoms with van der Waals surface area (Å²) in [6.07, 6.45) is 12.6. The molecular weight excluding hydrogens is 250 g/mol. The topological polar surface area (TPSA) is 41.5 Å². The van der Waals surface area contributed by atoms with Crippen molar-refractivity contribution in [3.8, 4) is 0 Å². The molecule has 0 rings (SSSR count). The monoisotopic (exact) mass is 287 g/mol. The van der Waals surface area contributed by atoms with Crippen LogP contribution in [0.15, 0.2) is 0 Å². The third kappa shape index (κ3) is 15.9. The van der Waals surface area contributed by atoms with Gasteiger partial charge in [-0.2, -0.15) is 0 Å². The second kappa shape index (κ2) is 16.9. The van der Waals surface area contributed by atoms with Crippen molar-refractivity contribution in [1.29, 1.82) is 0 Å². The molecule has 0 spiro atoms. The number of ether oxygens (including phenoxy) is 1. The molecule has 0 saturated carbocycles. The van der Waals surface area contributed by atoms with Crippen molar-refractivity contribution in [2.24, 2.45) is 0 Å². The molecule has 3 heteroatoms. The van der Waals surface area contributed by atoms with E-state index in [0.29, 0.717) is 13.2 Å². The van der Waals surface area contributed by atoms with Gasteiger partial charge in [0, 0.05) is 13.2 Å². The van der Waals surface area contributed by atoms with Gasteiger partial charge in [-0.05, 0) is 19.4 Å². The second-order valence-corrected chi connectivity index (χ2v) is 5.76. The summed E-state index contributed by atoms with van der Waals surface area (Å²) in [5, 5.41) is 12.9. The Morgan fingerprint density at radius 1 is 0.850 bits per heavy atom. The van der Waals surface area contributed by atoms with Crippen molar-refractivity contribution in [2.75, 3.05) is 26.3 Å². The summed E-state index contributed by atoms with van der Waals surface area (Å²) in [5.41, 5.74) is 0. The molecule has 0 aromatic carbocycles. The lowest BCUT2D eigenvalue weighted by molar-refractivity contribution is 0.0355. The van der Waals surface area contributed by atoms with E-state index in [0.717, 1.165) is 19.6 Å². The van der Waals surface area contributed by atoms with Gasteiger partial charge in [0.2, 0.25) is 0 Å². The molecule has 1 atom stereocenters. The summed E-state index contributed by atoms with van der Waals surface area (Å²) >= 11 is 0. The summed E-state index contributed by atoms with van der Waals surface area (Å²) in [4.78, 5) is 0. The largest absolute Gasteiger partial charge is 0.389 e. The zero-order valence-electron chi connectivity index (χ0n) is 13.8. The predicted octanol–water partition coefficient (Wildman–Crippen LogP) is 3.89. The van der Waals surface area contributed by atoms with Crippen molar-refractivity contribution >= 4 is 0 Å². The summed E-state index contributed by atoms with van der Waals surface area (Å²) in [6, 6.07) is 0. The number of rotatable bonds is 16. The van der Waals surface area contributed by atoms with Gasteiger partial charge in [0.15, 0.2) is 0 Å². The summed E-state index contributed by atoms with van der Waals surface area (Å²) < 4.78 is 5.51. The minimum Gasteiger partial charge on any atom is -0.389 e. The maximum absolute atomic E-state index is 9.68. The number of nitrogens with one attached hydrogen (secondary N) is 1. The summed E-state index contributed by atoms with van der Waals surface area (Å²) in [7, 11) is 0. The molecule has 122 valence electrons. The summed E-state index contributed by atoms with van der Waals surface area (Å²) in [6.45, 7) is 7.33. The van der Waals surface area contributed by atoms with Crippen LogP contribution in [0.1, 0.15) is 78.1 Å². The van der Waals surface area contributed by atoms with E-state index >= 15 is 0 Å². The van der Waals surface area contributed by atoms with Gasteiger partial charge >= 0.3 is 0 Å². The molecule has 0 aromatic heterocycles. The Balaban J connectivity index is 3.07. The highest BCUT2D eigenvalue weighted by Crippen LogP contribution is 2.08. The van der Waals surface area contributed by atoms with Crippen LogP contribution in [-0.2, 0) is 4.74 Å². The van der Waals surface area contributed by atoms with E-state index in [9.17, 15) is 5.11 Å². The van der Waals surface area contributed by atoms with Gasteiger partial charge < -0.3 is 15.2 Å². The van der Waals surface area contributed by atoms with Gasteiger partial charge in [-0.1, -0.05) is 65.2 Å². The Bertz CT molecular complexity index is 176. The SMILES string of the molecule is CCCCCCCCCCOCC(O)CNCCCC. The van der Waals surface area contributed by atoms with Crippen LogP contribution in [0.3, 0.4) is 0 Å². The van der Waals surface area contributed by atoms with E-state index in [4.69, 9.17) is 4.74 Å². The molecule has 1 unspecified atom stereocenters. The molecule has 0 heterocycles. The highest BCUT2D eigenvalue weighted by Gasteiger charge is 2.02. The standard InChI is InChI=1S/C17H37NO2/c1-3-5-7-8-9-10-11-12-14-20-16-17(19)15-18-13-6-4-2/h17-19H,3-16H2,1-2H3. The lowest BCUT2D eigenvalue weighted by atomic mass is 10.1. The van der Waals surface area contributed by atoms with Gasteiger partial charge in [0.05, 0.1) is 12.7 Å². The lowest BCUT2D eigenvalue weighted by Crippen LogP contribution is -2.31. The average molecular weight is 287 g/mol. The fourth-order valence-corrected chi connectivity index (χ4v) is 2.19. The molecule has 2 N–H and O–H groups in total. The first-order chi connectivity index (χ1) is 9.81. The van der Waals surface area contributed by atoms with E-state index in [2.05, 4.69) is 19.2 Å². The Morgan fingerprint density at radius 2 is 1.45 bits per heavy atom. The van der Waals surface area contributed by atoms with Crippen LogP contribution in [0.4, 0.5) is 0 Å². The zero-order chi connectivity index (χ0) is 14.9. The Labute approximate surface area is 126 Å². The van der Waals surface area contributed by atoms with Crippen LogP contribution < -0.4 is 5.32 Å². The van der Waals surface area contributed by atoms with Crippen molar-refractivity contribution in [3.05, 3.63) is 0 Å². The number of unbranched alkanes of at least 4 members (excludes halogenated alkanes) is 8. The lowest BCUT2D eigenvalue weighted by Gasteiger charge is -2.12. The zero-order valence-corrected chi connectivity index (χ0v) is 13.8. The van der Waals surface area contributed by atoms with Crippen LogP contribution in [0, 0.1) is 0 Å². The van der Waals surface area contributed by atoms with Gasteiger partial charge in [0.1, 0.15) is 0 Å². The van der Waals surface area contributed by atoms with E-state index < -0.39 is 0 Å². The van der Waals surface area contributed by atoms with Gasteiger partial charge in [-0.25, -0.2) is 0 Å². The third-order valence-corrected chi connectivity index (χ3v) is 3.54. The smallest absolute Gasteiger partial charge is 0.0897 e. The first-order valence-electron chi connectivity index (χ1n) is 8.77. The molecule has 0 bridgehead atoms. The normalized spacial score (nSPS) is 12.8. The fraction of sp³-hybridized carbons (Fsp3) is 1.00. The molecule has 0 aliphatic rings. The van der Waals surface area contributed by atoms with Gasteiger partial charge in [-0.15, -0.1) is 0 Å². The third-order valence-electron chi connectivity index (χ3n) is 3.54. The maximum atomic E-state index is 9.68. The molecule has 20 heavy (non-hydrogen) atoms. The minimum absolute atomic E-state index is 0.360. The first kappa shape index (κ1) is 19.9. The number of hydrogen-bond donors (Lipinski definition) is 2. The summed E-state index contributed by atoms with van der Waals surface area (Å²) in [5.74, 6) is 0. The van der Waals surface area contributed by atoms with E-state index in [1.54, 1.807) is 0 Å². The molecule has 0 saturated heterocycles. The molecule has 0 radical (unpaired) electrons. The molecule has 0 amide bonds. The van der Waals surface area contributed by atoms with Crippen molar-refractivity contribution in [2.45, 2.75) is 84.2 Å². The maximum Gasteiger partial charge on any atom is 0.0897 e. The molecule has 0 aliphatic carbocycles. The molecule has 3 nitrogen and oxygen atoms in total. The molecular formula is C17H37NO2. The Kier molecular flexibility index (Phi) is 16.8. The van der Waals surface area contributed by atoms with E-state index in [-0.39, 0.29) is 6.10 Å². The van der Waals surface area contributed by atoms with Crippen molar-refractivity contribution < 1.29 is 9.84 Å². The Hall–Kier alpha value is -0.120. The fourth-order valence-electron chi connectivity index (χ4n) is 2.19. The number of aliphatic hydroxyl groups excluding tert-OH is 1.